The molecule has 0 saturated carbocycles. The van der Waals surface area contributed by atoms with Gasteiger partial charge in [-0.15, -0.1) is 11.8 Å². The van der Waals surface area contributed by atoms with E-state index in [-0.39, 0.29) is 17.7 Å². The summed E-state index contributed by atoms with van der Waals surface area (Å²) in [5.41, 5.74) is 0.483. The van der Waals surface area contributed by atoms with Crippen LogP contribution in [0, 0.1) is 0 Å². The Balaban J connectivity index is 2.01. The van der Waals surface area contributed by atoms with Crippen molar-refractivity contribution in [1.29, 1.82) is 0 Å². The SMILES string of the molecule is CCN1C(=O)CSc2c1cnn(C1CCCCO1)c2=O. The Bertz CT molecular complexity index is 581. The molecule has 7 heteroatoms. The molecule has 1 fully saturated rings. The topological polar surface area (TPSA) is 64.4 Å². The van der Waals surface area contributed by atoms with E-state index in [4.69, 9.17) is 4.74 Å². The van der Waals surface area contributed by atoms with E-state index in [0.29, 0.717) is 29.5 Å². The molecule has 20 heavy (non-hydrogen) atoms. The van der Waals surface area contributed by atoms with E-state index in [1.54, 1.807) is 11.1 Å². The van der Waals surface area contributed by atoms with Crippen LogP contribution in [0.25, 0.3) is 0 Å². The van der Waals surface area contributed by atoms with Crippen LogP contribution in [0.15, 0.2) is 15.9 Å². The number of thioether (sulfide) groups is 1. The van der Waals surface area contributed by atoms with Gasteiger partial charge in [0.1, 0.15) is 4.90 Å². The highest BCUT2D eigenvalue weighted by Gasteiger charge is 2.29. The third kappa shape index (κ3) is 2.25. The van der Waals surface area contributed by atoms with Crippen molar-refractivity contribution in [3.8, 4) is 0 Å². The van der Waals surface area contributed by atoms with Gasteiger partial charge in [-0.2, -0.15) is 9.78 Å². The van der Waals surface area contributed by atoms with Crippen molar-refractivity contribution in [2.24, 2.45) is 0 Å². The molecule has 2 aliphatic rings. The lowest BCUT2D eigenvalue weighted by Gasteiger charge is -2.29. The van der Waals surface area contributed by atoms with Crippen LogP contribution in [0.3, 0.4) is 0 Å². The number of carbonyl (C=O) groups excluding carboxylic acids is 1. The van der Waals surface area contributed by atoms with E-state index in [1.165, 1.54) is 16.4 Å². The zero-order valence-electron chi connectivity index (χ0n) is 11.4. The number of rotatable bonds is 2. The lowest BCUT2D eigenvalue weighted by molar-refractivity contribution is -0.116. The summed E-state index contributed by atoms with van der Waals surface area (Å²) in [7, 11) is 0. The maximum Gasteiger partial charge on any atom is 0.285 e. The molecule has 0 aliphatic carbocycles. The van der Waals surface area contributed by atoms with Gasteiger partial charge in [-0.1, -0.05) is 0 Å². The second-order valence-corrected chi connectivity index (χ2v) is 5.84. The van der Waals surface area contributed by atoms with Crippen LogP contribution in [0.1, 0.15) is 32.4 Å². The summed E-state index contributed by atoms with van der Waals surface area (Å²) in [5, 5.41) is 4.22. The first-order chi connectivity index (χ1) is 9.72. The van der Waals surface area contributed by atoms with Crippen LogP contribution >= 0.6 is 11.8 Å². The maximum absolute atomic E-state index is 12.5. The van der Waals surface area contributed by atoms with Crippen molar-refractivity contribution in [2.45, 2.75) is 37.3 Å². The van der Waals surface area contributed by atoms with Gasteiger partial charge in [-0.3, -0.25) is 9.59 Å². The number of hydrogen-bond acceptors (Lipinski definition) is 5. The van der Waals surface area contributed by atoms with Crippen LogP contribution in [0.5, 0.6) is 0 Å². The molecule has 0 spiro atoms. The fourth-order valence-corrected chi connectivity index (χ4v) is 3.54. The minimum absolute atomic E-state index is 0.0258. The normalized spacial score (nSPS) is 22.8. The highest BCUT2D eigenvalue weighted by atomic mass is 32.2. The number of amides is 1. The molecule has 0 radical (unpaired) electrons. The molecule has 1 saturated heterocycles. The van der Waals surface area contributed by atoms with Gasteiger partial charge in [0.25, 0.3) is 5.56 Å². The molecule has 3 heterocycles. The minimum Gasteiger partial charge on any atom is -0.356 e. The van der Waals surface area contributed by atoms with Gasteiger partial charge in [0.05, 0.1) is 17.6 Å². The second-order valence-electron chi connectivity index (χ2n) is 4.86. The van der Waals surface area contributed by atoms with Gasteiger partial charge in [-0.25, -0.2) is 0 Å². The molecule has 0 bridgehead atoms. The molecule has 2 aliphatic heterocycles. The summed E-state index contributed by atoms with van der Waals surface area (Å²) >= 11 is 1.30. The molecule has 1 atom stereocenters. The van der Waals surface area contributed by atoms with Gasteiger partial charge < -0.3 is 9.64 Å². The van der Waals surface area contributed by atoms with Crippen molar-refractivity contribution < 1.29 is 9.53 Å². The number of carbonyl (C=O) groups is 1. The third-order valence-corrected chi connectivity index (χ3v) is 4.68. The van der Waals surface area contributed by atoms with Gasteiger partial charge in [0.2, 0.25) is 5.91 Å². The number of fused-ring (bicyclic) bond motifs is 1. The lowest BCUT2D eigenvalue weighted by Crippen LogP contribution is -2.40. The zero-order chi connectivity index (χ0) is 14.1. The predicted molar refractivity (Wildman–Crippen MR) is 76.1 cm³/mol. The van der Waals surface area contributed by atoms with Gasteiger partial charge >= 0.3 is 0 Å². The number of anilines is 1. The van der Waals surface area contributed by atoms with E-state index in [9.17, 15) is 9.59 Å². The summed E-state index contributed by atoms with van der Waals surface area (Å²) in [6, 6.07) is 0. The Kier molecular flexibility index (Phi) is 3.80. The lowest BCUT2D eigenvalue weighted by atomic mass is 10.2. The van der Waals surface area contributed by atoms with Crippen molar-refractivity contribution >= 4 is 23.4 Å². The van der Waals surface area contributed by atoms with Crippen molar-refractivity contribution in [3.63, 3.8) is 0 Å². The number of nitrogens with zero attached hydrogens (tertiary/aromatic N) is 3. The Morgan fingerprint density at radius 2 is 2.30 bits per heavy atom. The molecule has 3 rings (SSSR count). The van der Waals surface area contributed by atoms with E-state index < -0.39 is 0 Å². The van der Waals surface area contributed by atoms with Crippen molar-refractivity contribution in [1.82, 2.24) is 9.78 Å². The molecular weight excluding hydrogens is 278 g/mol. The largest absolute Gasteiger partial charge is 0.356 e. The van der Waals surface area contributed by atoms with Gasteiger partial charge in [0.15, 0.2) is 6.23 Å². The summed E-state index contributed by atoms with van der Waals surface area (Å²) in [6.07, 6.45) is 4.23. The molecular formula is C13H17N3O3S. The molecule has 1 amide bonds. The first kappa shape index (κ1) is 13.6. The number of ether oxygens (including phenoxy) is 1. The molecule has 1 unspecified atom stereocenters. The van der Waals surface area contributed by atoms with Crippen molar-refractivity contribution in [3.05, 3.63) is 16.6 Å². The van der Waals surface area contributed by atoms with Crippen molar-refractivity contribution in [2.75, 3.05) is 23.8 Å². The Hall–Kier alpha value is -1.34. The van der Waals surface area contributed by atoms with Crippen LogP contribution in [-0.4, -0.2) is 34.6 Å². The van der Waals surface area contributed by atoms with Gasteiger partial charge in [-0.05, 0) is 26.2 Å². The molecule has 1 aromatic rings. The van der Waals surface area contributed by atoms with E-state index in [2.05, 4.69) is 5.10 Å². The fraction of sp³-hybridized carbons (Fsp3) is 0.615. The highest BCUT2D eigenvalue weighted by Crippen LogP contribution is 2.32. The van der Waals surface area contributed by atoms with Gasteiger partial charge in [0, 0.05) is 13.2 Å². The molecule has 0 aromatic carbocycles. The monoisotopic (exact) mass is 295 g/mol. The average Bonchev–Trinajstić information content (AvgIpc) is 2.48. The molecule has 1 aromatic heterocycles. The van der Waals surface area contributed by atoms with E-state index in [0.717, 1.165) is 19.3 Å². The average molecular weight is 295 g/mol. The summed E-state index contributed by atoms with van der Waals surface area (Å²) in [5.74, 6) is 0.337. The molecule has 6 nitrogen and oxygen atoms in total. The van der Waals surface area contributed by atoms with E-state index in [1.807, 2.05) is 6.92 Å². The predicted octanol–water partition coefficient (Wildman–Crippen LogP) is 1.40. The zero-order valence-corrected chi connectivity index (χ0v) is 12.2. The minimum atomic E-state index is -0.269. The number of hydrogen-bond donors (Lipinski definition) is 0. The molecule has 108 valence electrons. The number of aromatic nitrogens is 2. The summed E-state index contributed by atoms with van der Waals surface area (Å²) in [6.45, 7) is 3.12. The van der Waals surface area contributed by atoms with E-state index >= 15 is 0 Å². The van der Waals surface area contributed by atoms with Crippen LogP contribution in [-0.2, 0) is 9.53 Å². The first-order valence-electron chi connectivity index (χ1n) is 6.89. The Labute approximate surface area is 121 Å². The molecule has 0 N–H and O–H groups in total. The standard InChI is InChI=1S/C13H17N3O3S/c1-2-15-9-7-14-16(11-5-3-4-6-19-11)13(18)12(9)20-8-10(15)17/h7,11H,2-6,8H2,1H3. The van der Waals surface area contributed by atoms with Crippen LogP contribution in [0.2, 0.25) is 0 Å². The third-order valence-electron chi connectivity index (χ3n) is 3.62. The first-order valence-corrected chi connectivity index (χ1v) is 7.87. The maximum atomic E-state index is 12.5. The van der Waals surface area contributed by atoms with Crippen LogP contribution in [0.4, 0.5) is 5.69 Å². The second kappa shape index (κ2) is 5.57. The summed E-state index contributed by atoms with van der Waals surface area (Å²) < 4.78 is 7.05. The Morgan fingerprint density at radius 3 is 3.00 bits per heavy atom. The van der Waals surface area contributed by atoms with Crippen LogP contribution < -0.4 is 10.5 Å². The Morgan fingerprint density at radius 1 is 1.45 bits per heavy atom. The summed E-state index contributed by atoms with van der Waals surface area (Å²) in [4.78, 5) is 26.6. The fourth-order valence-electron chi connectivity index (χ4n) is 2.58. The quantitative estimate of drug-likeness (QED) is 0.825. The highest BCUT2D eigenvalue weighted by molar-refractivity contribution is 8.00. The smallest absolute Gasteiger partial charge is 0.285 e.